The lowest BCUT2D eigenvalue weighted by Crippen LogP contribution is -2.57. The van der Waals surface area contributed by atoms with Crippen LogP contribution in [0.25, 0.3) is 0 Å². The second-order valence-electron chi connectivity index (χ2n) is 12.5. The topological polar surface area (TPSA) is 124 Å². The number of hydrogen-bond donors (Lipinski definition) is 1. The fraction of sp³-hybridized carbons (Fsp3) is 0.361. The molecular weight excluding hydrogens is 701 g/mol. The first-order valence-electron chi connectivity index (χ1n) is 16.3. The number of aliphatic imine (C=N–C) groups is 1. The monoisotopic (exact) mass is 735 g/mol. The van der Waals surface area contributed by atoms with Gasteiger partial charge in [-0.1, -0.05) is 30.0 Å². The zero-order chi connectivity index (χ0) is 35.6. The highest BCUT2D eigenvalue weighted by atomic mass is 32.2. The summed E-state index contributed by atoms with van der Waals surface area (Å²) in [4.78, 5) is 43.2. The lowest BCUT2D eigenvalue weighted by molar-refractivity contribution is -0.169. The summed E-state index contributed by atoms with van der Waals surface area (Å²) in [6.07, 6.45) is 4.99. The van der Waals surface area contributed by atoms with E-state index in [4.69, 9.17) is 24.2 Å². The first-order valence-corrected chi connectivity index (χ1v) is 18.2. The van der Waals surface area contributed by atoms with Crippen molar-refractivity contribution < 1.29 is 37.3 Å². The standard InChI is InChI=1S/C36H35F2N5O6S2/c1-46-25-10-9-23(28(15-25)47-2)18-43(31(45)27-12-11-26(17-39-27)49-33(37)38)29-20-50-32(40-29)36-21-48-35(13-6-14-35)16-24(36)19-51-34(42-36)41-30(44)22-7-4-3-5-8-22/h3-5,7-12,15,17,20,24,33H,6,13-14,16,18-19,21H2,1-2H3,(H,41,42,44). The summed E-state index contributed by atoms with van der Waals surface area (Å²) in [7, 11) is 3.08. The highest BCUT2D eigenvalue weighted by Gasteiger charge is 2.56. The average molecular weight is 736 g/mol. The van der Waals surface area contributed by atoms with Crippen molar-refractivity contribution in [2.24, 2.45) is 10.9 Å². The van der Waals surface area contributed by atoms with Crippen LogP contribution in [-0.2, 0) is 16.8 Å². The number of anilines is 1. The molecule has 4 aromatic rings. The number of amidine groups is 1. The van der Waals surface area contributed by atoms with Crippen molar-refractivity contribution in [3.63, 3.8) is 0 Å². The molecule has 51 heavy (non-hydrogen) atoms. The largest absolute Gasteiger partial charge is 0.497 e. The van der Waals surface area contributed by atoms with Crippen LogP contribution in [0, 0.1) is 5.92 Å². The Bertz CT molecular complexity index is 1920. The summed E-state index contributed by atoms with van der Waals surface area (Å²) in [5, 5.41) is 5.91. The van der Waals surface area contributed by atoms with E-state index in [1.807, 2.05) is 18.2 Å². The van der Waals surface area contributed by atoms with Gasteiger partial charge < -0.3 is 24.3 Å². The number of halogens is 2. The molecule has 2 atom stereocenters. The summed E-state index contributed by atoms with van der Waals surface area (Å²) >= 11 is 2.88. The summed E-state index contributed by atoms with van der Waals surface area (Å²) in [5.74, 6) is 1.24. The van der Waals surface area contributed by atoms with Crippen LogP contribution in [-0.4, -0.2) is 65.7 Å². The van der Waals surface area contributed by atoms with E-state index in [0.717, 1.165) is 31.9 Å². The van der Waals surface area contributed by atoms with Gasteiger partial charge in [0.25, 0.3) is 11.8 Å². The molecule has 1 saturated heterocycles. The number of nitrogens with one attached hydrogen (secondary N) is 1. The van der Waals surface area contributed by atoms with Crippen molar-refractivity contribution >= 4 is 45.9 Å². The normalized spacial score (nSPS) is 20.5. The number of rotatable bonds is 10. The number of hydrogen-bond acceptors (Lipinski definition) is 11. The van der Waals surface area contributed by atoms with Crippen molar-refractivity contribution in [2.75, 3.05) is 31.5 Å². The van der Waals surface area contributed by atoms with Gasteiger partial charge in [-0.3, -0.25) is 14.5 Å². The molecule has 2 unspecified atom stereocenters. The van der Waals surface area contributed by atoms with Gasteiger partial charge in [0.2, 0.25) is 0 Å². The number of benzene rings is 2. The van der Waals surface area contributed by atoms with Crippen molar-refractivity contribution in [3.05, 3.63) is 94.1 Å². The molecule has 2 aromatic heterocycles. The van der Waals surface area contributed by atoms with E-state index in [2.05, 4.69) is 15.0 Å². The zero-order valence-corrected chi connectivity index (χ0v) is 29.5. The van der Waals surface area contributed by atoms with Gasteiger partial charge in [-0.05, 0) is 62.1 Å². The van der Waals surface area contributed by atoms with Crippen LogP contribution in [0.1, 0.15) is 57.1 Å². The number of pyridine rings is 1. The zero-order valence-electron chi connectivity index (χ0n) is 27.8. The van der Waals surface area contributed by atoms with Gasteiger partial charge in [0.05, 0.1) is 39.2 Å². The first-order chi connectivity index (χ1) is 24.7. The van der Waals surface area contributed by atoms with Crippen molar-refractivity contribution in [1.82, 2.24) is 15.3 Å². The molecule has 1 aliphatic carbocycles. The summed E-state index contributed by atoms with van der Waals surface area (Å²) in [6, 6.07) is 16.8. The second kappa shape index (κ2) is 14.6. The van der Waals surface area contributed by atoms with E-state index in [1.165, 1.54) is 47.2 Å². The Balaban J connectivity index is 1.25. The number of carbonyl (C=O) groups excluding carboxylic acids is 2. The van der Waals surface area contributed by atoms with Crippen LogP contribution in [0.3, 0.4) is 0 Å². The van der Waals surface area contributed by atoms with Crippen LogP contribution in [0.15, 0.2) is 77.2 Å². The molecule has 2 amide bonds. The molecule has 4 heterocycles. The van der Waals surface area contributed by atoms with Gasteiger partial charge in [-0.2, -0.15) is 8.78 Å². The molecule has 11 nitrogen and oxygen atoms in total. The number of fused-ring (bicyclic) bond motifs is 1. The Hall–Kier alpha value is -4.60. The Kier molecular flexibility index (Phi) is 9.94. The lowest BCUT2D eigenvalue weighted by Gasteiger charge is -2.54. The Morgan fingerprint density at radius 3 is 2.57 bits per heavy atom. The number of amides is 2. The second-order valence-corrected chi connectivity index (χ2v) is 14.4. The maximum Gasteiger partial charge on any atom is 0.387 e. The maximum absolute atomic E-state index is 14.2. The van der Waals surface area contributed by atoms with Gasteiger partial charge in [0.1, 0.15) is 39.3 Å². The fourth-order valence-electron chi connectivity index (χ4n) is 6.61. The molecule has 0 radical (unpaired) electrons. The molecular formula is C36H35F2N5O6S2. The minimum atomic E-state index is -3.03. The highest BCUT2D eigenvalue weighted by molar-refractivity contribution is 8.13. The number of carbonyl (C=O) groups is 2. The molecule has 15 heteroatoms. The predicted molar refractivity (Wildman–Crippen MR) is 189 cm³/mol. The van der Waals surface area contributed by atoms with Gasteiger partial charge in [0.15, 0.2) is 5.17 Å². The van der Waals surface area contributed by atoms with Crippen molar-refractivity contribution in [1.29, 1.82) is 0 Å². The highest BCUT2D eigenvalue weighted by Crippen LogP contribution is 2.54. The van der Waals surface area contributed by atoms with Crippen LogP contribution >= 0.6 is 23.1 Å². The Labute approximate surface area is 301 Å². The lowest BCUT2D eigenvalue weighted by atomic mass is 9.67. The summed E-state index contributed by atoms with van der Waals surface area (Å²) in [5.41, 5.74) is 0.120. The molecule has 7 rings (SSSR count). The first kappa shape index (κ1) is 34.8. The van der Waals surface area contributed by atoms with Crippen molar-refractivity contribution in [3.8, 4) is 17.2 Å². The third-order valence-electron chi connectivity index (χ3n) is 9.52. The van der Waals surface area contributed by atoms with E-state index < -0.39 is 18.1 Å². The summed E-state index contributed by atoms with van der Waals surface area (Å²) in [6.45, 7) is -2.71. The van der Waals surface area contributed by atoms with Gasteiger partial charge in [-0.25, -0.2) is 15.0 Å². The average Bonchev–Trinajstić information content (AvgIpc) is 3.64. The molecule has 2 fully saturated rings. The third-order valence-corrected chi connectivity index (χ3v) is 11.6. The number of nitrogens with zero attached hydrogens (tertiary/aromatic N) is 4. The molecule has 3 aliphatic rings. The van der Waals surface area contributed by atoms with E-state index in [0.29, 0.717) is 44.4 Å². The number of aromatic nitrogens is 2. The van der Waals surface area contributed by atoms with Crippen LogP contribution in [0.4, 0.5) is 14.6 Å². The molecule has 1 N–H and O–H groups in total. The molecule has 0 bridgehead atoms. The van der Waals surface area contributed by atoms with Crippen LogP contribution < -0.4 is 24.4 Å². The van der Waals surface area contributed by atoms with Crippen molar-refractivity contribution in [2.45, 2.75) is 50.0 Å². The third kappa shape index (κ3) is 7.14. The number of methoxy groups -OCH3 is 2. The molecule has 1 spiro atoms. The van der Waals surface area contributed by atoms with E-state index in [9.17, 15) is 18.4 Å². The van der Waals surface area contributed by atoms with Crippen LogP contribution in [0.2, 0.25) is 0 Å². The number of ether oxygens (including phenoxy) is 4. The van der Waals surface area contributed by atoms with E-state index in [-0.39, 0.29) is 42.0 Å². The quantitative estimate of drug-likeness (QED) is 0.190. The van der Waals surface area contributed by atoms with Gasteiger partial charge in [0, 0.05) is 34.2 Å². The van der Waals surface area contributed by atoms with E-state index in [1.54, 1.807) is 42.8 Å². The number of alkyl halides is 2. The predicted octanol–water partition coefficient (Wildman–Crippen LogP) is 6.69. The summed E-state index contributed by atoms with van der Waals surface area (Å²) < 4.78 is 47.6. The molecule has 2 aromatic carbocycles. The smallest absolute Gasteiger partial charge is 0.387 e. The molecule has 1 saturated carbocycles. The number of thiazole rings is 1. The van der Waals surface area contributed by atoms with Crippen LogP contribution in [0.5, 0.6) is 17.2 Å². The Morgan fingerprint density at radius 2 is 1.88 bits per heavy atom. The fourth-order valence-corrected chi connectivity index (χ4v) is 8.78. The SMILES string of the molecule is COc1ccc(CN(C(=O)c2ccc(OC(F)F)cn2)c2csc(C34COC5(CCC5)CC3CSC(NC(=O)c3ccccc3)=N4)n2)c(OC)c1. The minimum Gasteiger partial charge on any atom is -0.497 e. The maximum atomic E-state index is 14.2. The molecule has 2 aliphatic heterocycles. The van der Waals surface area contributed by atoms with Gasteiger partial charge in [-0.15, -0.1) is 11.3 Å². The molecule has 266 valence electrons. The van der Waals surface area contributed by atoms with E-state index >= 15 is 0 Å². The minimum absolute atomic E-state index is 0.000562. The number of thioether (sulfide) groups is 1. The Morgan fingerprint density at radius 1 is 1.08 bits per heavy atom. The van der Waals surface area contributed by atoms with Gasteiger partial charge >= 0.3 is 6.61 Å².